The van der Waals surface area contributed by atoms with Crippen LogP contribution in [-0.2, 0) is 19.9 Å². The van der Waals surface area contributed by atoms with Crippen molar-refractivity contribution < 1.29 is 14.4 Å². The lowest BCUT2D eigenvalue weighted by Gasteiger charge is -2.37. The number of carbonyl (C=O) groups excluding carboxylic acids is 3. The van der Waals surface area contributed by atoms with Crippen molar-refractivity contribution in [2.75, 3.05) is 16.8 Å². The molecule has 4 heterocycles. The van der Waals surface area contributed by atoms with Gasteiger partial charge < -0.3 is 5.32 Å². The molecule has 7 heteroatoms. The van der Waals surface area contributed by atoms with Gasteiger partial charge in [-0.25, -0.2) is 4.90 Å². The Kier molecular flexibility index (Phi) is 3.79. The molecule has 1 spiro atoms. The molecule has 1 N–H and O–H groups in total. The van der Waals surface area contributed by atoms with E-state index in [1.807, 2.05) is 26.0 Å². The highest BCUT2D eigenvalue weighted by atomic mass is 35.5. The van der Waals surface area contributed by atoms with Crippen LogP contribution >= 0.6 is 11.6 Å². The minimum absolute atomic E-state index is 0.133. The zero-order valence-corrected chi connectivity index (χ0v) is 18.1. The number of fused-ring (bicyclic) bond motifs is 7. The Morgan fingerprint density at radius 1 is 1.10 bits per heavy atom. The lowest BCUT2D eigenvalue weighted by atomic mass is 9.75. The third-order valence-corrected chi connectivity index (χ3v) is 7.86. The number of anilines is 2. The quantitative estimate of drug-likeness (QED) is 0.697. The SMILES string of the molecule is Cc1cc(C)c2c(c1)[C@]1(C(=O)N2)[C@@H]2C(=O)N(c3ccccc3Cl)C(=O)[C@@H]2[C@H]2CCCN21. The third kappa shape index (κ3) is 2.14. The summed E-state index contributed by atoms with van der Waals surface area (Å²) in [6, 6.07) is 10.8. The lowest BCUT2D eigenvalue weighted by molar-refractivity contribution is -0.135. The molecule has 4 aliphatic heterocycles. The average Bonchev–Trinajstić information content (AvgIpc) is 3.42. The van der Waals surface area contributed by atoms with Gasteiger partial charge in [-0.15, -0.1) is 0 Å². The molecule has 6 nitrogen and oxygen atoms in total. The maximum absolute atomic E-state index is 13.9. The van der Waals surface area contributed by atoms with Gasteiger partial charge in [0.25, 0.3) is 0 Å². The highest BCUT2D eigenvalue weighted by molar-refractivity contribution is 6.36. The number of halogens is 1. The second kappa shape index (κ2) is 6.17. The van der Waals surface area contributed by atoms with E-state index in [4.69, 9.17) is 11.6 Å². The van der Waals surface area contributed by atoms with Crippen LogP contribution in [0.3, 0.4) is 0 Å². The van der Waals surface area contributed by atoms with Crippen LogP contribution in [0.1, 0.15) is 29.5 Å². The fraction of sp³-hybridized carbons (Fsp3) is 0.375. The number of nitrogens with zero attached hydrogens (tertiary/aromatic N) is 2. The summed E-state index contributed by atoms with van der Waals surface area (Å²) in [5, 5.41) is 3.41. The van der Waals surface area contributed by atoms with Crippen LogP contribution in [0.2, 0.25) is 5.02 Å². The summed E-state index contributed by atoms with van der Waals surface area (Å²) in [7, 11) is 0. The second-order valence-corrected chi connectivity index (χ2v) is 9.50. The summed E-state index contributed by atoms with van der Waals surface area (Å²) in [5.74, 6) is -2.09. The van der Waals surface area contributed by atoms with Gasteiger partial charge in [0.1, 0.15) is 5.54 Å². The number of carbonyl (C=O) groups is 3. The molecule has 4 aliphatic rings. The van der Waals surface area contributed by atoms with E-state index in [1.165, 1.54) is 4.90 Å². The number of amides is 3. The Hall–Kier alpha value is -2.70. The first-order valence-electron chi connectivity index (χ1n) is 10.7. The van der Waals surface area contributed by atoms with Gasteiger partial charge in [-0.05, 0) is 50.9 Å². The Morgan fingerprint density at radius 2 is 1.87 bits per heavy atom. The van der Waals surface area contributed by atoms with Gasteiger partial charge >= 0.3 is 0 Å². The highest BCUT2D eigenvalue weighted by Gasteiger charge is 2.74. The summed E-state index contributed by atoms with van der Waals surface area (Å²) in [6.45, 7) is 4.66. The van der Waals surface area contributed by atoms with Crippen molar-refractivity contribution in [3.8, 4) is 0 Å². The first kappa shape index (κ1) is 19.0. The molecule has 4 atom stereocenters. The van der Waals surface area contributed by atoms with E-state index in [-0.39, 0.29) is 23.8 Å². The summed E-state index contributed by atoms with van der Waals surface area (Å²) in [6.07, 6.45) is 1.70. The zero-order chi connectivity index (χ0) is 21.7. The predicted octanol–water partition coefficient (Wildman–Crippen LogP) is 3.39. The third-order valence-electron chi connectivity index (χ3n) is 7.54. The molecule has 3 saturated heterocycles. The molecule has 3 fully saturated rings. The fourth-order valence-electron chi connectivity index (χ4n) is 6.53. The van der Waals surface area contributed by atoms with Crippen molar-refractivity contribution in [2.24, 2.45) is 11.8 Å². The van der Waals surface area contributed by atoms with Gasteiger partial charge in [0.2, 0.25) is 17.7 Å². The van der Waals surface area contributed by atoms with Crippen molar-refractivity contribution in [1.82, 2.24) is 4.90 Å². The lowest BCUT2D eigenvalue weighted by Crippen LogP contribution is -2.54. The van der Waals surface area contributed by atoms with Gasteiger partial charge in [0.05, 0.1) is 22.5 Å². The molecule has 3 amide bonds. The number of aryl methyl sites for hydroxylation is 2. The first-order valence-corrected chi connectivity index (χ1v) is 11.1. The van der Waals surface area contributed by atoms with E-state index < -0.39 is 17.4 Å². The molecule has 0 radical (unpaired) electrons. The van der Waals surface area contributed by atoms with E-state index in [1.54, 1.807) is 24.3 Å². The molecule has 0 aliphatic carbocycles. The van der Waals surface area contributed by atoms with Crippen LogP contribution in [0.4, 0.5) is 11.4 Å². The second-order valence-electron chi connectivity index (χ2n) is 9.09. The van der Waals surface area contributed by atoms with E-state index in [0.29, 0.717) is 17.3 Å². The van der Waals surface area contributed by atoms with Crippen LogP contribution in [0.5, 0.6) is 0 Å². The molecular weight excluding hydrogens is 414 g/mol. The number of rotatable bonds is 1. The van der Waals surface area contributed by atoms with E-state index in [2.05, 4.69) is 10.2 Å². The van der Waals surface area contributed by atoms with Crippen LogP contribution in [0.15, 0.2) is 36.4 Å². The van der Waals surface area contributed by atoms with Crippen LogP contribution in [0.25, 0.3) is 0 Å². The molecule has 0 bridgehead atoms. The monoisotopic (exact) mass is 435 g/mol. The molecular formula is C24H22ClN3O3. The summed E-state index contributed by atoms with van der Waals surface area (Å²) >= 11 is 6.37. The van der Waals surface area contributed by atoms with Crippen LogP contribution < -0.4 is 10.2 Å². The fourth-order valence-corrected chi connectivity index (χ4v) is 6.75. The largest absolute Gasteiger partial charge is 0.324 e. The molecule has 0 unspecified atom stereocenters. The van der Waals surface area contributed by atoms with Crippen molar-refractivity contribution in [2.45, 2.75) is 38.3 Å². The standard InChI is InChI=1S/C24H22ClN3O3/c1-12-10-13(2)20-14(11-12)24(23(31)26-20)19-18(17-8-5-9-27(17)24)21(29)28(22(19)30)16-7-4-3-6-15(16)25/h3-4,6-7,10-11,17-19H,5,8-9H2,1-2H3,(H,26,31)/t17-,18-,19+,24-/m1/s1. The van der Waals surface area contributed by atoms with Crippen molar-refractivity contribution >= 4 is 40.7 Å². The van der Waals surface area contributed by atoms with Crippen LogP contribution in [-0.4, -0.2) is 35.2 Å². The van der Waals surface area contributed by atoms with Gasteiger partial charge in [0.15, 0.2) is 0 Å². The average molecular weight is 436 g/mol. The normalized spacial score (nSPS) is 31.4. The van der Waals surface area contributed by atoms with Gasteiger partial charge in [-0.2, -0.15) is 0 Å². The van der Waals surface area contributed by atoms with Crippen molar-refractivity contribution in [3.63, 3.8) is 0 Å². The minimum atomic E-state index is -1.15. The van der Waals surface area contributed by atoms with Gasteiger partial charge in [-0.3, -0.25) is 19.3 Å². The molecule has 158 valence electrons. The number of hydrogen-bond acceptors (Lipinski definition) is 4. The summed E-state index contributed by atoms with van der Waals surface area (Å²) < 4.78 is 0. The number of para-hydroxylation sites is 1. The number of nitrogens with one attached hydrogen (secondary N) is 1. The van der Waals surface area contributed by atoms with E-state index in [0.717, 1.165) is 35.2 Å². The van der Waals surface area contributed by atoms with Gasteiger partial charge in [-0.1, -0.05) is 41.4 Å². The Labute approximate surface area is 185 Å². The van der Waals surface area contributed by atoms with Crippen molar-refractivity contribution in [1.29, 1.82) is 0 Å². The Morgan fingerprint density at radius 3 is 2.65 bits per heavy atom. The molecule has 6 rings (SSSR count). The smallest absolute Gasteiger partial charge is 0.250 e. The number of imide groups is 1. The maximum atomic E-state index is 13.9. The first-order chi connectivity index (χ1) is 14.9. The van der Waals surface area contributed by atoms with Crippen LogP contribution in [0, 0.1) is 25.7 Å². The van der Waals surface area contributed by atoms with E-state index in [9.17, 15) is 14.4 Å². The Balaban J connectivity index is 1.60. The molecule has 2 aromatic rings. The molecule has 0 aromatic heterocycles. The molecule has 2 aromatic carbocycles. The minimum Gasteiger partial charge on any atom is -0.324 e. The predicted molar refractivity (Wildman–Crippen MR) is 117 cm³/mol. The molecule has 0 saturated carbocycles. The maximum Gasteiger partial charge on any atom is 0.250 e. The van der Waals surface area contributed by atoms with Gasteiger partial charge in [0, 0.05) is 17.3 Å². The topological polar surface area (TPSA) is 69.7 Å². The number of hydrogen-bond donors (Lipinski definition) is 1. The summed E-state index contributed by atoms with van der Waals surface area (Å²) in [5.41, 5.74) is 2.85. The summed E-state index contributed by atoms with van der Waals surface area (Å²) in [4.78, 5) is 44.7. The highest BCUT2D eigenvalue weighted by Crippen LogP contribution is 2.61. The zero-order valence-electron chi connectivity index (χ0n) is 17.3. The molecule has 31 heavy (non-hydrogen) atoms. The Bertz CT molecular complexity index is 1190. The van der Waals surface area contributed by atoms with E-state index >= 15 is 0 Å². The number of benzene rings is 2. The van der Waals surface area contributed by atoms with Crippen molar-refractivity contribution in [3.05, 3.63) is 58.1 Å².